The zero-order valence-corrected chi connectivity index (χ0v) is 31.1. The SMILES string of the molecule is C[Si](C)(C)c1ccc(-c2[c-]ccc(-c3ccccc3)c2)nc1.[2H]C([2H])([2H])c1c[c-]c(-c2cc(C([2H])([2H])c3ccccc3)c(-c3ccccc3)cn2)cc1.[Ir]. The third kappa shape index (κ3) is 9.46. The molecule has 0 aliphatic rings. The van der Waals surface area contributed by atoms with Crippen LogP contribution in [0.1, 0.15) is 23.5 Å². The predicted molar refractivity (Wildman–Crippen MR) is 205 cm³/mol. The van der Waals surface area contributed by atoms with Crippen molar-refractivity contribution in [2.45, 2.75) is 32.9 Å². The molecule has 245 valence electrons. The summed E-state index contributed by atoms with van der Waals surface area (Å²) in [6.07, 6.45) is 1.94. The summed E-state index contributed by atoms with van der Waals surface area (Å²) >= 11 is 0. The Hall–Kier alpha value is -4.73. The first kappa shape index (κ1) is 29.2. The molecule has 7 rings (SSSR count). The van der Waals surface area contributed by atoms with E-state index < -0.39 is 21.3 Å². The van der Waals surface area contributed by atoms with Gasteiger partial charge in [-0.2, -0.15) is 0 Å². The van der Waals surface area contributed by atoms with E-state index in [2.05, 4.69) is 90.3 Å². The molecule has 4 heteroatoms. The molecule has 0 saturated carbocycles. The molecule has 0 fully saturated rings. The Morgan fingerprint density at radius 1 is 0.633 bits per heavy atom. The van der Waals surface area contributed by atoms with Gasteiger partial charge in [0.25, 0.3) is 0 Å². The third-order valence-corrected chi connectivity index (χ3v) is 9.97. The molecule has 0 aliphatic carbocycles. The van der Waals surface area contributed by atoms with Crippen molar-refractivity contribution in [3.05, 3.63) is 187 Å². The van der Waals surface area contributed by atoms with Gasteiger partial charge in [0.1, 0.15) is 0 Å². The number of pyridine rings is 2. The van der Waals surface area contributed by atoms with Crippen molar-refractivity contribution in [1.82, 2.24) is 9.97 Å². The van der Waals surface area contributed by atoms with Gasteiger partial charge in [-0.05, 0) is 45.2 Å². The first-order chi connectivity index (χ1) is 25.3. The summed E-state index contributed by atoms with van der Waals surface area (Å²) < 4.78 is 40.4. The summed E-state index contributed by atoms with van der Waals surface area (Å²) in [7, 11) is -1.29. The van der Waals surface area contributed by atoms with Crippen LogP contribution in [0.4, 0.5) is 0 Å². The van der Waals surface area contributed by atoms with Crippen molar-refractivity contribution in [2.75, 3.05) is 0 Å². The topological polar surface area (TPSA) is 25.8 Å². The van der Waals surface area contributed by atoms with Gasteiger partial charge in [0.05, 0.1) is 8.07 Å². The average molecular weight is 834 g/mol. The predicted octanol–water partition coefficient (Wildman–Crippen LogP) is 10.9. The molecular formula is C45H40IrN2Si-2. The average Bonchev–Trinajstić information content (AvgIpc) is 3.18. The molecule has 2 heterocycles. The molecule has 0 spiro atoms. The van der Waals surface area contributed by atoms with Crippen LogP contribution < -0.4 is 5.19 Å². The fraction of sp³-hybridized carbons (Fsp3) is 0.111. The van der Waals surface area contributed by atoms with Crippen molar-refractivity contribution in [1.29, 1.82) is 0 Å². The number of rotatable bonds is 7. The number of hydrogen-bond acceptors (Lipinski definition) is 2. The van der Waals surface area contributed by atoms with Crippen LogP contribution in [0.3, 0.4) is 0 Å². The molecule has 0 bridgehead atoms. The van der Waals surface area contributed by atoms with Crippen LogP contribution in [0.15, 0.2) is 158 Å². The summed E-state index contributed by atoms with van der Waals surface area (Å²) in [5.41, 5.74) is 8.41. The maximum Gasteiger partial charge on any atom is 0.0795 e. The molecule has 0 amide bonds. The van der Waals surface area contributed by atoms with E-state index in [1.54, 1.807) is 30.5 Å². The van der Waals surface area contributed by atoms with Crippen LogP contribution in [-0.2, 0) is 26.5 Å². The maximum absolute atomic E-state index is 8.93. The summed E-state index contributed by atoms with van der Waals surface area (Å²) in [5.74, 6) is 0. The van der Waals surface area contributed by atoms with Gasteiger partial charge in [-0.3, -0.25) is 0 Å². The van der Waals surface area contributed by atoms with Crippen molar-refractivity contribution >= 4 is 13.3 Å². The van der Waals surface area contributed by atoms with Crippen molar-refractivity contribution < 1.29 is 27.0 Å². The van der Waals surface area contributed by atoms with E-state index in [0.717, 1.165) is 16.8 Å². The fourth-order valence-electron chi connectivity index (χ4n) is 5.24. The van der Waals surface area contributed by atoms with Crippen LogP contribution in [0, 0.1) is 19.0 Å². The minimum Gasteiger partial charge on any atom is -0.305 e. The second kappa shape index (κ2) is 16.6. The smallest absolute Gasteiger partial charge is 0.0795 e. The van der Waals surface area contributed by atoms with Gasteiger partial charge in [-0.15, -0.1) is 70.8 Å². The minimum absolute atomic E-state index is 0. The summed E-state index contributed by atoms with van der Waals surface area (Å²) in [6.45, 7) is 4.82. The van der Waals surface area contributed by atoms with Crippen LogP contribution >= 0.6 is 0 Å². The molecule has 7 aromatic rings. The molecule has 2 nitrogen and oxygen atoms in total. The van der Waals surface area contributed by atoms with E-state index in [4.69, 9.17) is 6.85 Å². The first-order valence-corrected chi connectivity index (χ1v) is 19.5. The van der Waals surface area contributed by atoms with Gasteiger partial charge < -0.3 is 9.97 Å². The molecule has 0 atom stereocenters. The van der Waals surface area contributed by atoms with Gasteiger partial charge in [0.15, 0.2) is 0 Å². The molecular weight excluding hydrogens is 789 g/mol. The zero-order chi connectivity index (χ0) is 37.6. The zero-order valence-electron chi connectivity index (χ0n) is 32.7. The Labute approximate surface area is 313 Å². The van der Waals surface area contributed by atoms with Crippen molar-refractivity contribution in [2.24, 2.45) is 0 Å². The quantitative estimate of drug-likeness (QED) is 0.118. The largest absolute Gasteiger partial charge is 0.305 e. The van der Waals surface area contributed by atoms with E-state index >= 15 is 0 Å². The maximum atomic E-state index is 8.93. The Bertz CT molecular complexity index is 2260. The van der Waals surface area contributed by atoms with Gasteiger partial charge in [-0.1, -0.05) is 136 Å². The second-order valence-corrected chi connectivity index (χ2v) is 17.6. The van der Waals surface area contributed by atoms with Gasteiger partial charge >= 0.3 is 0 Å². The normalized spacial score (nSPS) is 12.8. The summed E-state index contributed by atoms with van der Waals surface area (Å²) in [6, 6.07) is 52.3. The van der Waals surface area contributed by atoms with Crippen LogP contribution in [0.5, 0.6) is 0 Å². The van der Waals surface area contributed by atoms with E-state index in [-0.39, 0.29) is 25.7 Å². The van der Waals surface area contributed by atoms with Crippen molar-refractivity contribution in [3.8, 4) is 44.8 Å². The molecule has 0 aliphatic heterocycles. The van der Waals surface area contributed by atoms with E-state index in [1.807, 2.05) is 66.9 Å². The Balaban J connectivity index is 0.000000215. The summed E-state index contributed by atoms with van der Waals surface area (Å²) in [4.78, 5) is 9.20. The molecule has 1 radical (unpaired) electrons. The van der Waals surface area contributed by atoms with Crippen LogP contribution in [0.25, 0.3) is 44.8 Å². The molecule has 0 N–H and O–H groups in total. The standard InChI is InChI=1S/C25H20N.C20H20NSi.Ir/c1-19-12-14-22(15-13-19)25-17-23(16-20-8-4-2-5-9-20)24(18-26-25)21-10-6-3-7-11-21;1-22(2,3)19-12-13-20(21-15-19)18-11-7-10-17(14-18)16-8-5-4-6-9-16;/h2-14,17-18H,16H2,1H3;4-10,12-15H,1-3H3;/q2*-1;/i1D3,16D2;;. The minimum atomic E-state index is -2.20. The first-order valence-electron chi connectivity index (χ1n) is 18.5. The van der Waals surface area contributed by atoms with E-state index in [0.29, 0.717) is 27.9 Å². The molecule has 0 saturated heterocycles. The Kier molecular flexibility index (Phi) is 9.89. The van der Waals surface area contributed by atoms with Gasteiger partial charge in [-0.25, -0.2) is 0 Å². The van der Waals surface area contributed by atoms with E-state index in [9.17, 15) is 0 Å². The summed E-state index contributed by atoms with van der Waals surface area (Å²) in [5, 5.41) is 1.38. The molecule has 5 aromatic carbocycles. The number of aromatic nitrogens is 2. The fourth-order valence-corrected chi connectivity index (χ4v) is 6.27. The second-order valence-electron chi connectivity index (χ2n) is 12.5. The van der Waals surface area contributed by atoms with Crippen LogP contribution in [0.2, 0.25) is 19.6 Å². The molecule has 0 unspecified atom stereocenters. The Morgan fingerprint density at radius 3 is 1.92 bits per heavy atom. The number of nitrogens with zero attached hydrogens (tertiary/aromatic N) is 2. The Morgan fingerprint density at radius 2 is 1.31 bits per heavy atom. The monoisotopic (exact) mass is 834 g/mol. The van der Waals surface area contributed by atoms with Gasteiger partial charge in [0.2, 0.25) is 0 Å². The third-order valence-electron chi connectivity index (χ3n) is 7.94. The van der Waals surface area contributed by atoms with Gasteiger partial charge in [0, 0.05) is 44.9 Å². The van der Waals surface area contributed by atoms with Crippen LogP contribution in [-0.4, -0.2) is 18.0 Å². The van der Waals surface area contributed by atoms with E-state index in [1.165, 1.54) is 28.4 Å². The number of hydrogen-bond donors (Lipinski definition) is 0. The molecule has 49 heavy (non-hydrogen) atoms. The number of aryl methyl sites for hydroxylation is 1. The number of benzene rings is 5. The van der Waals surface area contributed by atoms with Crippen molar-refractivity contribution in [3.63, 3.8) is 0 Å². The molecule has 2 aromatic heterocycles.